The summed E-state index contributed by atoms with van der Waals surface area (Å²) in [7, 11) is 1.61. The van der Waals surface area contributed by atoms with E-state index in [0.717, 1.165) is 37.2 Å². The number of nitrogens with zero attached hydrogens (tertiary/aromatic N) is 1. The molecular formula is C19H23FN2O2. The van der Waals surface area contributed by atoms with Gasteiger partial charge in [-0.05, 0) is 49.7 Å². The summed E-state index contributed by atoms with van der Waals surface area (Å²) in [5, 5.41) is 13.5. The van der Waals surface area contributed by atoms with Gasteiger partial charge in [-0.2, -0.15) is 0 Å². The molecule has 0 radical (unpaired) electrons. The molecule has 1 heterocycles. The number of hydrogen-bond donors (Lipinski definition) is 2. The number of piperidine rings is 1. The predicted octanol–water partition coefficient (Wildman–Crippen LogP) is 3.62. The molecule has 1 aliphatic heterocycles. The smallest absolute Gasteiger partial charge is 0.127 e. The molecule has 1 atom stereocenters. The molecule has 0 saturated carbocycles. The molecule has 4 nitrogen and oxygen atoms in total. The van der Waals surface area contributed by atoms with E-state index >= 15 is 0 Å². The summed E-state index contributed by atoms with van der Waals surface area (Å²) >= 11 is 0. The van der Waals surface area contributed by atoms with Gasteiger partial charge in [0.25, 0.3) is 0 Å². The Bertz CT molecular complexity index is 693. The van der Waals surface area contributed by atoms with Crippen LogP contribution in [0.15, 0.2) is 42.5 Å². The molecule has 0 aromatic heterocycles. The molecule has 2 aromatic carbocycles. The van der Waals surface area contributed by atoms with Crippen molar-refractivity contribution in [3.63, 3.8) is 0 Å². The zero-order chi connectivity index (χ0) is 16.9. The number of phenolic OH excluding ortho intramolecular Hbond substituents is 1. The largest absolute Gasteiger partial charge is 0.507 e. The summed E-state index contributed by atoms with van der Waals surface area (Å²) in [6.45, 7) is 2.45. The third-order valence-corrected chi connectivity index (χ3v) is 4.41. The Hall–Kier alpha value is -2.27. The van der Waals surface area contributed by atoms with Crippen molar-refractivity contribution in [1.29, 1.82) is 0 Å². The van der Waals surface area contributed by atoms with E-state index in [1.54, 1.807) is 25.3 Å². The summed E-state index contributed by atoms with van der Waals surface area (Å²) in [5.74, 6) is 0.733. The van der Waals surface area contributed by atoms with Crippen molar-refractivity contribution in [3.8, 4) is 11.5 Å². The number of phenols is 1. The zero-order valence-electron chi connectivity index (χ0n) is 13.8. The Morgan fingerprint density at radius 3 is 2.92 bits per heavy atom. The number of halogens is 1. The molecule has 0 aliphatic carbocycles. The number of likely N-dealkylation sites (tertiary alicyclic amines) is 1. The third-order valence-electron chi connectivity index (χ3n) is 4.41. The van der Waals surface area contributed by atoms with Crippen LogP contribution in [0, 0.1) is 5.82 Å². The molecule has 3 rings (SSSR count). The van der Waals surface area contributed by atoms with Crippen molar-refractivity contribution in [2.24, 2.45) is 0 Å². The minimum Gasteiger partial charge on any atom is -0.507 e. The Kier molecular flexibility index (Phi) is 5.20. The Morgan fingerprint density at radius 2 is 2.12 bits per heavy atom. The van der Waals surface area contributed by atoms with Crippen molar-refractivity contribution >= 4 is 5.69 Å². The maximum absolute atomic E-state index is 13.3. The van der Waals surface area contributed by atoms with Crippen LogP contribution in [0.1, 0.15) is 18.4 Å². The van der Waals surface area contributed by atoms with Gasteiger partial charge in [0.15, 0.2) is 0 Å². The third kappa shape index (κ3) is 3.97. The maximum Gasteiger partial charge on any atom is 0.127 e. The van der Waals surface area contributed by atoms with Gasteiger partial charge in [-0.1, -0.05) is 12.1 Å². The summed E-state index contributed by atoms with van der Waals surface area (Å²) in [5.41, 5.74) is 1.62. The van der Waals surface area contributed by atoms with Gasteiger partial charge >= 0.3 is 0 Å². The highest BCUT2D eigenvalue weighted by atomic mass is 19.1. The number of hydrogen-bond acceptors (Lipinski definition) is 4. The average molecular weight is 330 g/mol. The van der Waals surface area contributed by atoms with Crippen molar-refractivity contribution in [2.75, 3.05) is 25.5 Å². The van der Waals surface area contributed by atoms with Gasteiger partial charge in [0.1, 0.15) is 17.3 Å². The first-order chi connectivity index (χ1) is 11.7. The van der Waals surface area contributed by atoms with Crippen molar-refractivity contribution in [3.05, 3.63) is 53.8 Å². The lowest BCUT2D eigenvalue weighted by Crippen LogP contribution is -2.41. The second-order valence-corrected chi connectivity index (χ2v) is 6.19. The van der Waals surface area contributed by atoms with Crippen LogP contribution < -0.4 is 10.1 Å². The van der Waals surface area contributed by atoms with E-state index in [1.165, 1.54) is 12.1 Å². The van der Waals surface area contributed by atoms with Gasteiger partial charge in [0, 0.05) is 30.4 Å². The van der Waals surface area contributed by atoms with Gasteiger partial charge in [-0.3, -0.25) is 4.90 Å². The summed E-state index contributed by atoms with van der Waals surface area (Å²) in [4.78, 5) is 2.29. The summed E-state index contributed by atoms with van der Waals surface area (Å²) in [6, 6.07) is 12.2. The van der Waals surface area contributed by atoms with Crippen molar-refractivity contribution in [1.82, 2.24) is 4.90 Å². The van der Waals surface area contributed by atoms with Gasteiger partial charge < -0.3 is 15.2 Å². The normalized spacial score (nSPS) is 18.3. The van der Waals surface area contributed by atoms with E-state index in [1.807, 2.05) is 12.1 Å². The monoisotopic (exact) mass is 330 g/mol. The van der Waals surface area contributed by atoms with Crippen LogP contribution in [0.25, 0.3) is 0 Å². The SMILES string of the molecule is COc1cccc(O)c1CN1CCC[C@H](Nc2cccc(F)c2)C1. The fourth-order valence-electron chi connectivity index (χ4n) is 3.26. The molecule has 1 saturated heterocycles. The first-order valence-corrected chi connectivity index (χ1v) is 8.25. The minimum atomic E-state index is -0.230. The van der Waals surface area contributed by atoms with E-state index in [0.29, 0.717) is 12.3 Å². The van der Waals surface area contributed by atoms with Crippen LogP contribution in [-0.4, -0.2) is 36.2 Å². The van der Waals surface area contributed by atoms with Gasteiger partial charge in [-0.25, -0.2) is 4.39 Å². The van der Waals surface area contributed by atoms with Crippen molar-refractivity contribution < 1.29 is 14.2 Å². The van der Waals surface area contributed by atoms with Crippen LogP contribution in [-0.2, 0) is 6.54 Å². The highest BCUT2D eigenvalue weighted by Gasteiger charge is 2.22. The lowest BCUT2D eigenvalue weighted by molar-refractivity contribution is 0.204. The van der Waals surface area contributed by atoms with Crippen LogP contribution in [0.4, 0.5) is 10.1 Å². The second kappa shape index (κ2) is 7.53. The molecule has 0 unspecified atom stereocenters. The molecule has 0 spiro atoms. The zero-order valence-corrected chi connectivity index (χ0v) is 13.8. The van der Waals surface area contributed by atoms with Gasteiger partial charge in [0.2, 0.25) is 0 Å². The van der Waals surface area contributed by atoms with Gasteiger partial charge in [0.05, 0.1) is 7.11 Å². The second-order valence-electron chi connectivity index (χ2n) is 6.19. The predicted molar refractivity (Wildman–Crippen MR) is 93.0 cm³/mol. The van der Waals surface area contributed by atoms with Crippen LogP contribution in [0.2, 0.25) is 0 Å². The first-order valence-electron chi connectivity index (χ1n) is 8.25. The molecule has 1 fully saturated rings. The standard InChI is InChI=1S/C19H23FN2O2/c1-24-19-9-3-8-18(23)17(19)13-22-10-4-7-16(12-22)21-15-6-2-5-14(20)11-15/h2-3,5-6,8-9,11,16,21,23H,4,7,10,12-13H2,1H3/t16-/m0/s1. The number of aromatic hydroxyl groups is 1. The quantitative estimate of drug-likeness (QED) is 0.879. The molecule has 128 valence electrons. The van der Waals surface area contributed by atoms with Gasteiger partial charge in [-0.15, -0.1) is 0 Å². The Morgan fingerprint density at radius 1 is 1.29 bits per heavy atom. The molecular weight excluding hydrogens is 307 g/mol. The minimum absolute atomic E-state index is 0.230. The fraction of sp³-hybridized carbons (Fsp3) is 0.368. The summed E-state index contributed by atoms with van der Waals surface area (Å²) < 4.78 is 18.7. The molecule has 0 amide bonds. The van der Waals surface area contributed by atoms with Crippen molar-refractivity contribution in [2.45, 2.75) is 25.4 Å². The molecule has 5 heteroatoms. The highest BCUT2D eigenvalue weighted by Crippen LogP contribution is 2.29. The first kappa shape index (κ1) is 16.6. The van der Waals surface area contributed by atoms with Crippen LogP contribution >= 0.6 is 0 Å². The fourth-order valence-corrected chi connectivity index (χ4v) is 3.26. The topological polar surface area (TPSA) is 44.7 Å². The number of benzene rings is 2. The molecule has 24 heavy (non-hydrogen) atoms. The summed E-state index contributed by atoms with van der Waals surface area (Å²) in [6.07, 6.45) is 2.10. The molecule has 2 aromatic rings. The Labute approximate surface area is 141 Å². The maximum atomic E-state index is 13.3. The van der Waals surface area contributed by atoms with E-state index < -0.39 is 0 Å². The lowest BCUT2D eigenvalue weighted by Gasteiger charge is -2.34. The lowest BCUT2D eigenvalue weighted by atomic mass is 10.0. The van der Waals surface area contributed by atoms with Crippen LogP contribution in [0.3, 0.4) is 0 Å². The van der Waals surface area contributed by atoms with E-state index in [4.69, 9.17) is 4.74 Å². The van der Waals surface area contributed by atoms with E-state index in [-0.39, 0.29) is 17.6 Å². The Balaban J connectivity index is 1.66. The molecule has 0 bridgehead atoms. The van der Waals surface area contributed by atoms with Crippen LogP contribution in [0.5, 0.6) is 11.5 Å². The number of nitrogens with one attached hydrogen (secondary N) is 1. The number of methoxy groups -OCH3 is 1. The number of ether oxygens (including phenoxy) is 1. The molecule has 2 N–H and O–H groups in total. The number of anilines is 1. The average Bonchev–Trinajstić information content (AvgIpc) is 2.57. The molecule has 1 aliphatic rings. The van der Waals surface area contributed by atoms with E-state index in [9.17, 15) is 9.50 Å². The number of rotatable bonds is 5. The highest BCUT2D eigenvalue weighted by molar-refractivity contribution is 5.45. The van der Waals surface area contributed by atoms with E-state index in [2.05, 4.69) is 10.2 Å².